The maximum absolute atomic E-state index is 12.9. The molecule has 0 aliphatic heterocycles. The van der Waals surface area contributed by atoms with Crippen molar-refractivity contribution in [3.05, 3.63) is 23.0 Å². The van der Waals surface area contributed by atoms with Crippen molar-refractivity contribution in [3.8, 4) is 0 Å². The Bertz CT molecular complexity index is 824. The lowest BCUT2D eigenvalue weighted by atomic mass is 10.0. The zero-order chi connectivity index (χ0) is 18.8. The third-order valence-corrected chi connectivity index (χ3v) is 4.78. The third-order valence-electron chi connectivity index (χ3n) is 4.78. The number of hydrogen-bond donors (Lipinski definition) is 2. The van der Waals surface area contributed by atoms with Crippen LogP contribution in [0.15, 0.2) is 10.6 Å². The topological polar surface area (TPSA) is 105 Å². The monoisotopic (exact) mass is 359 g/mol. The molecule has 1 atom stereocenters. The number of fused-ring (bicyclic) bond motifs is 1. The average Bonchev–Trinajstić information content (AvgIpc) is 3.36. The highest BCUT2D eigenvalue weighted by Gasteiger charge is 2.30. The van der Waals surface area contributed by atoms with Crippen LogP contribution in [0.3, 0.4) is 0 Å². The van der Waals surface area contributed by atoms with E-state index in [-0.39, 0.29) is 18.4 Å². The summed E-state index contributed by atoms with van der Waals surface area (Å²) in [5.74, 6) is -1.32. The van der Waals surface area contributed by atoms with E-state index in [1.165, 1.54) is 0 Å². The van der Waals surface area contributed by atoms with Crippen LogP contribution in [-0.2, 0) is 4.79 Å². The van der Waals surface area contributed by atoms with Gasteiger partial charge in [-0.2, -0.15) is 0 Å². The molecule has 7 heteroatoms. The van der Waals surface area contributed by atoms with Crippen molar-refractivity contribution in [2.75, 3.05) is 6.54 Å². The summed E-state index contributed by atoms with van der Waals surface area (Å²) in [7, 11) is 0. The number of carbonyl (C=O) groups is 2. The van der Waals surface area contributed by atoms with Gasteiger partial charge in [0.2, 0.25) is 0 Å². The smallest absolute Gasteiger partial charge is 0.308 e. The lowest BCUT2D eigenvalue weighted by Crippen LogP contribution is -2.33. The summed E-state index contributed by atoms with van der Waals surface area (Å²) in [6.45, 7) is 6.00. The molecule has 1 saturated carbocycles. The first-order valence-corrected chi connectivity index (χ1v) is 9.23. The third kappa shape index (κ3) is 3.71. The van der Waals surface area contributed by atoms with E-state index in [4.69, 9.17) is 4.52 Å². The minimum Gasteiger partial charge on any atom is -0.481 e. The molecule has 0 spiro atoms. The lowest BCUT2D eigenvalue weighted by molar-refractivity contribution is -0.141. The highest BCUT2D eigenvalue weighted by Crippen LogP contribution is 2.41. The maximum Gasteiger partial charge on any atom is 0.308 e. The molecule has 0 saturated heterocycles. The van der Waals surface area contributed by atoms with Gasteiger partial charge < -0.3 is 14.9 Å². The molecule has 2 heterocycles. The highest BCUT2D eigenvalue weighted by atomic mass is 16.5. The summed E-state index contributed by atoms with van der Waals surface area (Å²) in [5.41, 5.74) is 2.40. The van der Waals surface area contributed by atoms with Gasteiger partial charge in [0.05, 0.1) is 22.6 Å². The molecule has 2 aromatic rings. The molecule has 140 valence electrons. The number of aromatic nitrogens is 2. The molecule has 1 fully saturated rings. The summed E-state index contributed by atoms with van der Waals surface area (Å²) < 4.78 is 5.39. The van der Waals surface area contributed by atoms with E-state index >= 15 is 0 Å². The van der Waals surface area contributed by atoms with Gasteiger partial charge in [0.25, 0.3) is 11.6 Å². The predicted molar refractivity (Wildman–Crippen MR) is 96.2 cm³/mol. The van der Waals surface area contributed by atoms with Crippen LogP contribution in [-0.4, -0.2) is 33.7 Å². The van der Waals surface area contributed by atoms with Crippen LogP contribution in [0.5, 0.6) is 0 Å². The maximum atomic E-state index is 12.9. The average molecular weight is 359 g/mol. The van der Waals surface area contributed by atoms with E-state index in [0.717, 1.165) is 25.0 Å². The Labute approximate surface area is 152 Å². The van der Waals surface area contributed by atoms with Crippen LogP contribution in [0, 0.1) is 5.92 Å². The van der Waals surface area contributed by atoms with Crippen molar-refractivity contribution in [3.63, 3.8) is 0 Å². The SMILES string of the molecule is CCCC(CNC(=O)c1cc(C2CC2)nc2onc(C(C)C)c12)C(=O)O. The van der Waals surface area contributed by atoms with E-state index in [1.54, 1.807) is 0 Å². The molecular weight excluding hydrogens is 334 g/mol. The molecule has 3 rings (SSSR count). The summed E-state index contributed by atoms with van der Waals surface area (Å²) in [5, 5.41) is 16.8. The van der Waals surface area contributed by atoms with Crippen molar-refractivity contribution >= 4 is 23.0 Å². The Morgan fingerprint density at radius 2 is 2.12 bits per heavy atom. The standard InChI is InChI=1S/C19H25N3O4/c1-4-5-12(19(24)25)9-20-17(23)13-8-14(11-6-7-11)21-18-15(13)16(10(2)3)22-26-18/h8,10-12H,4-7,9H2,1-3H3,(H,20,23)(H,24,25). The Hall–Kier alpha value is -2.44. The van der Waals surface area contributed by atoms with Gasteiger partial charge in [-0.3, -0.25) is 9.59 Å². The second kappa shape index (κ2) is 7.43. The molecule has 2 aromatic heterocycles. The fourth-order valence-electron chi connectivity index (χ4n) is 3.13. The Balaban J connectivity index is 1.92. The minimum atomic E-state index is -0.890. The normalized spacial score (nSPS) is 15.4. The van der Waals surface area contributed by atoms with Gasteiger partial charge >= 0.3 is 5.97 Å². The summed E-state index contributed by atoms with van der Waals surface area (Å²) >= 11 is 0. The van der Waals surface area contributed by atoms with Gasteiger partial charge in [-0.1, -0.05) is 32.3 Å². The second-order valence-electron chi connectivity index (χ2n) is 7.31. The van der Waals surface area contributed by atoms with E-state index in [1.807, 2.05) is 26.8 Å². The van der Waals surface area contributed by atoms with Crippen LogP contribution in [0.1, 0.15) is 80.0 Å². The van der Waals surface area contributed by atoms with Gasteiger partial charge in [-0.05, 0) is 31.2 Å². The number of pyridine rings is 1. The lowest BCUT2D eigenvalue weighted by Gasteiger charge is -2.13. The first-order chi connectivity index (χ1) is 12.4. The van der Waals surface area contributed by atoms with Crippen molar-refractivity contribution in [2.45, 2.75) is 58.3 Å². The van der Waals surface area contributed by atoms with E-state index < -0.39 is 11.9 Å². The zero-order valence-corrected chi connectivity index (χ0v) is 15.4. The number of nitrogens with zero attached hydrogens (tertiary/aromatic N) is 2. The number of nitrogens with one attached hydrogen (secondary N) is 1. The molecule has 26 heavy (non-hydrogen) atoms. The van der Waals surface area contributed by atoms with Crippen LogP contribution in [0.25, 0.3) is 11.1 Å². The second-order valence-corrected chi connectivity index (χ2v) is 7.31. The van der Waals surface area contributed by atoms with Crippen molar-refractivity contribution in [1.29, 1.82) is 0 Å². The predicted octanol–water partition coefficient (Wildman–Crippen LogP) is 3.45. The first kappa shape index (κ1) is 18.4. The van der Waals surface area contributed by atoms with Crippen LogP contribution >= 0.6 is 0 Å². The summed E-state index contributed by atoms with van der Waals surface area (Å²) in [6, 6.07) is 1.81. The number of carboxylic acid groups (broad SMARTS) is 1. The Kier molecular flexibility index (Phi) is 5.25. The van der Waals surface area contributed by atoms with Gasteiger partial charge in [0.15, 0.2) is 0 Å². The van der Waals surface area contributed by atoms with E-state index in [9.17, 15) is 14.7 Å². The molecule has 1 unspecified atom stereocenters. The van der Waals surface area contributed by atoms with Crippen molar-refractivity contribution in [1.82, 2.24) is 15.5 Å². The molecule has 1 amide bonds. The molecule has 7 nitrogen and oxygen atoms in total. The van der Waals surface area contributed by atoms with Crippen LogP contribution < -0.4 is 5.32 Å². The van der Waals surface area contributed by atoms with Crippen LogP contribution in [0.4, 0.5) is 0 Å². The summed E-state index contributed by atoms with van der Waals surface area (Å²) in [6.07, 6.45) is 3.39. The molecule has 2 N–H and O–H groups in total. The summed E-state index contributed by atoms with van der Waals surface area (Å²) in [4.78, 5) is 28.7. The molecule has 0 bridgehead atoms. The number of carbonyl (C=O) groups excluding carboxylic acids is 1. The van der Waals surface area contributed by atoms with Crippen molar-refractivity contribution in [2.24, 2.45) is 5.92 Å². The number of hydrogen-bond acceptors (Lipinski definition) is 5. The van der Waals surface area contributed by atoms with E-state index in [2.05, 4.69) is 15.5 Å². The molecule has 0 radical (unpaired) electrons. The first-order valence-electron chi connectivity index (χ1n) is 9.23. The largest absolute Gasteiger partial charge is 0.481 e. The van der Waals surface area contributed by atoms with Crippen molar-refractivity contribution < 1.29 is 19.2 Å². The number of carboxylic acids is 1. The minimum absolute atomic E-state index is 0.0863. The quantitative estimate of drug-likeness (QED) is 0.748. The number of aliphatic carboxylic acids is 1. The fourth-order valence-corrected chi connectivity index (χ4v) is 3.13. The number of rotatable bonds is 8. The zero-order valence-electron chi connectivity index (χ0n) is 15.4. The molecule has 1 aliphatic rings. The Morgan fingerprint density at radius 1 is 1.38 bits per heavy atom. The van der Waals surface area contributed by atoms with Gasteiger partial charge in [0, 0.05) is 18.2 Å². The Morgan fingerprint density at radius 3 is 2.69 bits per heavy atom. The molecule has 1 aliphatic carbocycles. The highest BCUT2D eigenvalue weighted by molar-refractivity contribution is 6.06. The molecule has 0 aromatic carbocycles. The van der Waals surface area contributed by atoms with Gasteiger partial charge in [0.1, 0.15) is 0 Å². The van der Waals surface area contributed by atoms with Crippen LogP contribution in [0.2, 0.25) is 0 Å². The molecular formula is C19H25N3O4. The van der Waals surface area contributed by atoms with Gasteiger partial charge in [-0.15, -0.1) is 0 Å². The number of amides is 1. The van der Waals surface area contributed by atoms with Gasteiger partial charge in [-0.25, -0.2) is 4.98 Å². The fraction of sp³-hybridized carbons (Fsp3) is 0.579. The van der Waals surface area contributed by atoms with E-state index in [0.29, 0.717) is 34.7 Å².